The molecule has 0 bridgehead atoms. The van der Waals surface area contributed by atoms with Crippen molar-refractivity contribution in [3.8, 4) is 11.5 Å². The number of aryl methyl sites for hydroxylation is 4. The normalized spacial score (nSPS) is 14.1. The summed E-state index contributed by atoms with van der Waals surface area (Å²) in [6.07, 6.45) is 13.5. The van der Waals surface area contributed by atoms with Crippen LogP contribution in [-0.4, -0.2) is 67.2 Å². The number of hydrogen-bond acceptors (Lipinski definition) is 9. The second-order valence-corrected chi connectivity index (χ2v) is 15.6. The number of aliphatic hydroxyl groups excluding tert-OH is 1. The number of phenols is 1. The Morgan fingerprint density at radius 2 is 1.63 bits per heavy atom. The van der Waals surface area contributed by atoms with E-state index in [1.54, 1.807) is 18.3 Å². The molecule has 0 amide bonds. The van der Waals surface area contributed by atoms with Gasteiger partial charge < -0.3 is 31.3 Å². The van der Waals surface area contributed by atoms with E-state index in [1.807, 2.05) is 19.2 Å². The minimum absolute atomic E-state index is 0.0552. The standard InChI is InChI=1S/C48H62N4O5/c1-50-31-39(37-20-22-51-23-21-37)14-7-4-8-15-43(54)29-44(55)26-42(33-53)45-30-47(57-2)46(56)27-40(45)25-41-32-52-48(49)28-38(41)19-18-36-13-9-12-35(24-36)17-16-34-10-5-3-6-11-34/h3,5-6,9-13,24,26-28,30,32,37,39,50-51,53,56H,4,7-8,14-23,25,29,31,33H2,1-2H3,(H2,49,52)/t39-/m0/s1. The number of rotatable bonds is 23. The first kappa shape index (κ1) is 43.3. The molecule has 5 rings (SSSR count). The third-order valence-electron chi connectivity index (χ3n) is 11.4. The monoisotopic (exact) mass is 774 g/mol. The molecule has 1 saturated heterocycles. The van der Waals surface area contributed by atoms with Crippen LogP contribution in [0, 0.1) is 11.8 Å². The number of Topliss-reactive ketones (excluding diaryl/α,β-unsaturated/α-hetero) is 1. The van der Waals surface area contributed by atoms with Crippen LogP contribution in [0.5, 0.6) is 11.5 Å². The molecular weight excluding hydrogens is 713 g/mol. The van der Waals surface area contributed by atoms with Gasteiger partial charge in [0.1, 0.15) is 11.6 Å². The van der Waals surface area contributed by atoms with Crippen LogP contribution in [0.4, 0.5) is 5.82 Å². The lowest BCUT2D eigenvalue weighted by molar-refractivity contribution is -0.124. The molecule has 304 valence electrons. The van der Waals surface area contributed by atoms with Crippen molar-refractivity contribution in [1.82, 2.24) is 15.6 Å². The summed E-state index contributed by atoms with van der Waals surface area (Å²) < 4.78 is 5.43. The van der Waals surface area contributed by atoms with Gasteiger partial charge in [0.05, 0.1) is 20.1 Å². The maximum Gasteiger partial charge on any atom is 0.163 e. The molecule has 1 aromatic heterocycles. The van der Waals surface area contributed by atoms with Gasteiger partial charge in [-0.25, -0.2) is 4.98 Å². The molecule has 0 spiro atoms. The topological polar surface area (TPSA) is 147 Å². The molecule has 1 fully saturated rings. The van der Waals surface area contributed by atoms with E-state index >= 15 is 0 Å². The van der Waals surface area contributed by atoms with Crippen LogP contribution in [0.15, 0.2) is 85.1 Å². The summed E-state index contributed by atoms with van der Waals surface area (Å²) in [5, 5.41) is 28.2. The predicted octanol–water partition coefficient (Wildman–Crippen LogP) is 7.23. The number of anilines is 1. The zero-order valence-electron chi connectivity index (χ0n) is 33.9. The first-order valence-corrected chi connectivity index (χ1v) is 20.7. The van der Waals surface area contributed by atoms with E-state index in [2.05, 4.69) is 64.1 Å². The van der Waals surface area contributed by atoms with Gasteiger partial charge in [-0.15, -0.1) is 0 Å². The molecule has 4 aromatic rings. The molecular formula is C48H62N4O5. The molecule has 0 aliphatic carbocycles. The third-order valence-corrected chi connectivity index (χ3v) is 11.4. The Morgan fingerprint density at radius 3 is 2.35 bits per heavy atom. The number of allylic oxidation sites excluding steroid dienone is 1. The molecule has 1 atom stereocenters. The number of nitrogen functional groups attached to an aromatic ring is 1. The number of methoxy groups -OCH3 is 1. The van der Waals surface area contributed by atoms with Crippen LogP contribution < -0.4 is 21.1 Å². The number of ketones is 2. The minimum atomic E-state index is -0.431. The van der Waals surface area contributed by atoms with E-state index in [0.29, 0.717) is 41.3 Å². The molecule has 0 unspecified atom stereocenters. The average molecular weight is 775 g/mol. The maximum absolute atomic E-state index is 13.2. The fourth-order valence-corrected chi connectivity index (χ4v) is 8.24. The highest BCUT2D eigenvalue weighted by Gasteiger charge is 2.23. The van der Waals surface area contributed by atoms with E-state index in [1.165, 1.54) is 42.7 Å². The van der Waals surface area contributed by atoms with Crippen molar-refractivity contribution >= 4 is 23.0 Å². The van der Waals surface area contributed by atoms with Crippen molar-refractivity contribution in [2.24, 2.45) is 11.8 Å². The molecule has 3 aromatic carbocycles. The van der Waals surface area contributed by atoms with Crippen molar-refractivity contribution in [1.29, 1.82) is 0 Å². The molecule has 0 radical (unpaired) electrons. The van der Waals surface area contributed by atoms with Gasteiger partial charge in [-0.2, -0.15) is 0 Å². The number of aliphatic hydroxyl groups is 1. The quantitative estimate of drug-likeness (QED) is 0.0299. The summed E-state index contributed by atoms with van der Waals surface area (Å²) in [5.41, 5.74) is 13.6. The van der Waals surface area contributed by atoms with E-state index in [-0.39, 0.29) is 29.5 Å². The molecule has 1 aliphatic rings. The Bertz CT molecular complexity index is 1920. The predicted molar refractivity (Wildman–Crippen MR) is 230 cm³/mol. The van der Waals surface area contributed by atoms with Crippen LogP contribution in [-0.2, 0) is 41.7 Å². The Balaban J connectivity index is 1.22. The van der Waals surface area contributed by atoms with Gasteiger partial charge in [0, 0.05) is 12.6 Å². The minimum Gasteiger partial charge on any atom is -0.504 e. The van der Waals surface area contributed by atoms with Crippen molar-refractivity contribution in [3.63, 3.8) is 0 Å². The first-order valence-electron chi connectivity index (χ1n) is 20.7. The van der Waals surface area contributed by atoms with Gasteiger partial charge in [-0.05, 0) is 165 Å². The summed E-state index contributed by atoms with van der Waals surface area (Å²) in [6, 6.07) is 24.3. The van der Waals surface area contributed by atoms with Crippen molar-refractivity contribution in [3.05, 3.63) is 124 Å². The smallest absolute Gasteiger partial charge is 0.163 e. The van der Waals surface area contributed by atoms with Crippen molar-refractivity contribution < 1.29 is 24.5 Å². The van der Waals surface area contributed by atoms with Gasteiger partial charge in [0.25, 0.3) is 0 Å². The summed E-state index contributed by atoms with van der Waals surface area (Å²) in [7, 11) is 3.47. The van der Waals surface area contributed by atoms with E-state index in [0.717, 1.165) is 88.0 Å². The molecule has 57 heavy (non-hydrogen) atoms. The van der Waals surface area contributed by atoms with E-state index in [9.17, 15) is 19.8 Å². The lowest BCUT2D eigenvalue weighted by Crippen LogP contribution is -2.35. The van der Waals surface area contributed by atoms with Crippen LogP contribution >= 0.6 is 0 Å². The Hall–Kier alpha value is -4.83. The zero-order chi connectivity index (χ0) is 40.4. The molecule has 0 saturated carbocycles. The Labute approximate surface area is 339 Å². The first-order chi connectivity index (χ1) is 27.8. The second kappa shape index (κ2) is 22.8. The van der Waals surface area contributed by atoms with Crippen LogP contribution in [0.2, 0.25) is 0 Å². The number of nitrogens with one attached hydrogen (secondary N) is 2. The number of nitrogens with zero attached hydrogens (tertiary/aromatic N) is 1. The molecule has 2 heterocycles. The van der Waals surface area contributed by atoms with E-state index in [4.69, 9.17) is 10.5 Å². The van der Waals surface area contributed by atoms with Gasteiger partial charge in [0.15, 0.2) is 17.3 Å². The van der Waals surface area contributed by atoms with Gasteiger partial charge in [-0.1, -0.05) is 67.4 Å². The highest BCUT2D eigenvalue weighted by molar-refractivity contribution is 6.07. The maximum atomic E-state index is 13.2. The number of pyridine rings is 1. The fraction of sp³-hybridized carbons (Fsp3) is 0.438. The zero-order valence-corrected chi connectivity index (χ0v) is 33.9. The molecule has 6 N–H and O–H groups in total. The molecule has 9 nitrogen and oxygen atoms in total. The summed E-state index contributed by atoms with van der Waals surface area (Å²) in [5.74, 6) is 1.53. The highest BCUT2D eigenvalue weighted by Crippen LogP contribution is 2.35. The molecule has 9 heteroatoms. The number of benzene rings is 3. The number of hydrogen-bond donors (Lipinski definition) is 5. The van der Waals surface area contributed by atoms with Crippen LogP contribution in [0.1, 0.15) is 90.3 Å². The summed E-state index contributed by atoms with van der Waals surface area (Å²) >= 11 is 0. The average Bonchev–Trinajstić information content (AvgIpc) is 3.22. The number of carbonyl (C=O) groups excluding carboxylic acids is 2. The second-order valence-electron chi connectivity index (χ2n) is 15.6. The number of aromatic hydroxyl groups is 1. The van der Waals surface area contributed by atoms with Gasteiger partial charge >= 0.3 is 0 Å². The number of nitrogens with two attached hydrogens (primary N) is 1. The summed E-state index contributed by atoms with van der Waals surface area (Å²) in [4.78, 5) is 30.5. The lowest BCUT2D eigenvalue weighted by atomic mass is 9.81. The number of unbranched alkanes of at least 4 members (excludes halogenated alkanes) is 2. The van der Waals surface area contributed by atoms with Crippen LogP contribution in [0.3, 0.4) is 0 Å². The number of aromatic nitrogens is 1. The SMILES string of the molecule is CNC[C@H](CCCCCC(=O)CC(=O)C=C(CO)c1cc(OC)c(O)cc1Cc1cnc(N)cc1CCc1cccc(CCc2ccccc2)c1)C1CCNCC1. The van der Waals surface area contributed by atoms with Crippen molar-refractivity contribution in [2.75, 3.05) is 46.1 Å². The molecule has 1 aliphatic heterocycles. The number of ether oxygens (including phenoxy) is 1. The van der Waals surface area contributed by atoms with Gasteiger partial charge in [0.2, 0.25) is 0 Å². The Morgan fingerprint density at radius 1 is 0.912 bits per heavy atom. The number of phenolic OH excluding ortho intramolecular Hbond substituents is 1. The number of piperidine rings is 1. The fourth-order valence-electron chi connectivity index (χ4n) is 8.24. The van der Waals surface area contributed by atoms with Gasteiger partial charge in [-0.3, -0.25) is 9.59 Å². The highest BCUT2D eigenvalue weighted by atomic mass is 16.5. The largest absolute Gasteiger partial charge is 0.504 e. The Kier molecular flexibility index (Phi) is 17.3. The summed E-state index contributed by atoms with van der Waals surface area (Å²) in [6.45, 7) is 2.78. The van der Waals surface area contributed by atoms with Crippen molar-refractivity contribution in [2.45, 2.75) is 83.5 Å². The third kappa shape index (κ3) is 13.7. The lowest BCUT2D eigenvalue weighted by Gasteiger charge is -2.30. The van der Waals surface area contributed by atoms with Crippen LogP contribution in [0.25, 0.3) is 5.57 Å². The number of carbonyl (C=O) groups is 2. The van der Waals surface area contributed by atoms with E-state index < -0.39 is 6.61 Å².